The molecule has 0 aliphatic rings. The molecule has 0 saturated heterocycles. The molecule has 0 aromatic heterocycles. The van der Waals surface area contributed by atoms with E-state index in [0.29, 0.717) is 16.9 Å². The van der Waals surface area contributed by atoms with Crippen molar-refractivity contribution >= 4 is 27.3 Å². The SMILES string of the molecule is CN(c1ccccc1C(=O)Nc1ccc(C#N)cc1)S(C)(=O)=O.[HH]. The lowest BCUT2D eigenvalue weighted by molar-refractivity contribution is 0.102. The van der Waals surface area contributed by atoms with Crippen LogP contribution >= 0.6 is 0 Å². The quantitative estimate of drug-likeness (QED) is 0.931. The number of anilines is 2. The summed E-state index contributed by atoms with van der Waals surface area (Å²) < 4.78 is 24.5. The van der Waals surface area contributed by atoms with Gasteiger partial charge in [0.05, 0.1) is 29.1 Å². The predicted octanol–water partition coefficient (Wildman–Crippen LogP) is 2.45. The van der Waals surface area contributed by atoms with Crippen LogP contribution in [0, 0.1) is 11.3 Å². The zero-order chi connectivity index (χ0) is 17.0. The third-order valence-corrected chi connectivity index (χ3v) is 4.45. The number of amides is 1. The smallest absolute Gasteiger partial charge is 0.257 e. The third-order valence-electron chi connectivity index (χ3n) is 3.26. The summed E-state index contributed by atoms with van der Waals surface area (Å²) in [5.74, 6) is -0.430. The second-order valence-electron chi connectivity index (χ2n) is 4.89. The van der Waals surface area contributed by atoms with Crippen LogP contribution < -0.4 is 9.62 Å². The van der Waals surface area contributed by atoms with Gasteiger partial charge in [-0.25, -0.2) is 8.42 Å². The average molecular weight is 331 g/mol. The number of sulfonamides is 1. The highest BCUT2D eigenvalue weighted by Gasteiger charge is 2.19. The van der Waals surface area contributed by atoms with Crippen LogP contribution in [0.1, 0.15) is 17.3 Å². The van der Waals surface area contributed by atoms with E-state index >= 15 is 0 Å². The van der Waals surface area contributed by atoms with Crippen molar-refractivity contribution in [3.63, 3.8) is 0 Å². The number of benzene rings is 2. The Morgan fingerprint density at radius 3 is 2.35 bits per heavy atom. The van der Waals surface area contributed by atoms with Crippen LogP contribution in [0.25, 0.3) is 0 Å². The van der Waals surface area contributed by atoms with Crippen LogP contribution in [0.3, 0.4) is 0 Å². The van der Waals surface area contributed by atoms with Crippen molar-refractivity contribution in [2.45, 2.75) is 0 Å². The molecule has 0 unspecified atom stereocenters. The fourth-order valence-electron chi connectivity index (χ4n) is 1.95. The lowest BCUT2D eigenvalue weighted by atomic mass is 10.1. The first-order valence-electron chi connectivity index (χ1n) is 6.67. The molecule has 0 atom stereocenters. The number of carbonyl (C=O) groups is 1. The van der Waals surface area contributed by atoms with Gasteiger partial charge < -0.3 is 5.32 Å². The molecule has 0 heterocycles. The van der Waals surface area contributed by atoms with E-state index < -0.39 is 15.9 Å². The molecule has 0 spiro atoms. The Morgan fingerprint density at radius 1 is 1.17 bits per heavy atom. The topological polar surface area (TPSA) is 90.3 Å². The molecule has 0 saturated carbocycles. The fourth-order valence-corrected chi connectivity index (χ4v) is 2.46. The van der Waals surface area contributed by atoms with Crippen molar-refractivity contribution in [1.82, 2.24) is 0 Å². The zero-order valence-electron chi connectivity index (χ0n) is 12.6. The van der Waals surface area contributed by atoms with E-state index in [9.17, 15) is 13.2 Å². The van der Waals surface area contributed by atoms with Crippen LogP contribution in [-0.2, 0) is 10.0 Å². The van der Waals surface area contributed by atoms with Gasteiger partial charge in [-0.1, -0.05) is 12.1 Å². The first-order valence-corrected chi connectivity index (χ1v) is 8.52. The number of rotatable bonds is 4. The molecular formula is C16H17N3O3S. The maximum atomic E-state index is 12.4. The minimum Gasteiger partial charge on any atom is -0.322 e. The zero-order valence-corrected chi connectivity index (χ0v) is 13.5. The predicted molar refractivity (Wildman–Crippen MR) is 90.9 cm³/mol. The van der Waals surface area contributed by atoms with Crippen molar-refractivity contribution in [3.8, 4) is 6.07 Å². The minimum atomic E-state index is -3.48. The van der Waals surface area contributed by atoms with E-state index in [0.717, 1.165) is 10.6 Å². The Labute approximate surface area is 136 Å². The molecule has 0 aliphatic heterocycles. The van der Waals surface area contributed by atoms with Crippen molar-refractivity contribution in [2.24, 2.45) is 0 Å². The molecule has 2 rings (SSSR count). The Hall–Kier alpha value is -2.85. The summed E-state index contributed by atoms with van der Waals surface area (Å²) >= 11 is 0. The van der Waals surface area contributed by atoms with E-state index in [1.54, 1.807) is 48.5 Å². The lowest BCUT2D eigenvalue weighted by Crippen LogP contribution is -2.27. The normalized spacial score (nSPS) is 10.7. The van der Waals surface area contributed by atoms with E-state index in [4.69, 9.17) is 5.26 Å². The minimum absolute atomic E-state index is 0. The molecule has 0 radical (unpaired) electrons. The summed E-state index contributed by atoms with van der Waals surface area (Å²) in [5, 5.41) is 11.4. The first-order chi connectivity index (χ1) is 10.8. The molecule has 2 aromatic carbocycles. The van der Waals surface area contributed by atoms with Crippen LogP contribution in [-0.4, -0.2) is 27.6 Å². The summed E-state index contributed by atoms with van der Waals surface area (Å²) in [4.78, 5) is 12.4. The van der Waals surface area contributed by atoms with Crippen molar-refractivity contribution in [3.05, 3.63) is 59.7 Å². The number of nitrogens with one attached hydrogen (secondary N) is 1. The summed E-state index contributed by atoms with van der Waals surface area (Å²) in [5.41, 5.74) is 1.54. The van der Waals surface area contributed by atoms with E-state index in [2.05, 4.69) is 5.32 Å². The van der Waals surface area contributed by atoms with Gasteiger partial charge in [-0.05, 0) is 36.4 Å². The van der Waals surface area contributed by atoms with Crippen molar-refractivity contribution in [2.75, 3.05) is 22.9 Å². The summed E-state index contributed by atoms with van der Waals surface area (Å²) in [6, 6.07) is 14.8. The van der Waals surface area contributed by atoms with Crippen LogP contribution in [0.4, 0.5) is 11.4 Å². The van der Waals surface area contributed by atoms with Gasteiger partial charge in [0.15, 0.2) is 0 Å². The summed E-state index contributed by atoms with van der Waals surface area (Å²) in [7, 11) is -2.08. The average Bonchev–Trinajstić information content (AvgIpc) is 2.54. The molecule has 2 aromatic rings. The Morgan fingerprint density at radius 2 is 1.78 bits per heavy atom. The largest absolute Gasteiger partial charge is 0.322 e. The van der Waals surface area contributed by atoms with Gasteiger partial charge in [-0.2, -0.15) is 5.26 Å². The molecule has 0 bridgehead atoms. The maximum Gasteiger partial charge on any atom is 0.257 e. The third kappa shape index (κ3) is 3.87. The van der Waals surface area contributed by atoms with E-state index in [-0.39, 0.29) is 6.99 Å². The molecule has 23 heavy (non-hydrogen) atoms. The second kappa shape index (κ2) is 6.50. The van der Waals surface area contributed by atoms with E-state index in [1.165, 1.54) is 7.05 Å². The number of nitrogens with zero attached hydrogens (tertiary/aromatic N) is 2. The van der Waals surface area contributed by atoms with Crippen molar-refractivity contribution < 1.29 is 14.6 Å². The Kier molecular flexibility index (Phi) is 4.67. The molecule has 120 valence electrons. The monoisotopic (exact) mass is 331 g/mol. The van der Waals surface area contributed by atoms with Crippen LogP contribution in [0.2, 0.25) is 0 Å². The van der Waals surface area contributed by atoms with Gasteiger partial charge in [0.2, 0.25) is 10.0 Å². The highest BCUT2D eigenvalue weighted by molar-refractivity contribution is 7.92. The van der Waals surface area contributed by atoms with Crippen molar-refractivity contribution in [1.29, 1.82) is 5.26 Å². The molecular weight excluding hydrogens is 314 g/mol. The summed E-state index contributed by atoms with van der Waals surface area (Å²) in [6.45, 7) is 0. The number of hydrogen-bond donors (Lipinski definition) is 1. The molecule has 7 heteroatoms. The highest BCUT2D eigenvalue weighted by atomic mass is 32.2. The van der Waals surface area contributed by atoms with Gasteiger partial charge in [0.1, 0.15) is 0 Å². The Balaban J connectivity index is 0.00000288. The molecule has 1 N–H and O–H groups in total. The number of hydrogen-bond acceptors (Lipinski definition) is 4. The molecule has 1 amide bonds. The molecule has 0 aliphatic carbocycles. The maximum absolute atomic E-state index is 12.4. The highest BCUT2D eigenvalue weighted by Crippen LogP contribution is 2.22. The summed E-state index contributed by atoms with van der Waals surface area (Å²) in [6.07, 6.45) is 1.07. The molecule has 0 fully saturated rings. The van der Waals surface area contributed by atoms with Gasteiger partial charge >= 0.3 is 0 Å². The number of para-hydroxylation sites is 1. The van der Waals surface area contributed by atoms with Gasteiger partial charge in [0.25, 0.3) is 5.91 Å². The fraction of sp³-hybridized carbons (Fsp3) is 0.125. The Bertz CT molecular complexity index is 874. The van der Waals surface area contributed by atoms with Crippen LogP contribution in [0.15, 0.2) is 48.5 Å². The van der Waals surface area contributed by atoms with Gasteiger partial charge in [0, 0.05) is 14.2 Å². The molecule has 6 nitrogen and oxygen atoms in total. The number of nitriles is 1. The van der Waals surface area contributed by atoms with Gasteiger partial charge in [-0.3, -0.25) is 9.10 Å². The second-order valence-corrected chi connectivity index (χ2v) is 6.90. The standard InChI is InChI=1S/C16H15N3O3S.H2/c1-19(23(2,21)22)15-6-4-3-5-14(15)16(20)18-13-9-7-12(11-17)8-10-13;/h3-10H,1-2H3,(H,18,20);1H. The number of carbonyl (C=O) groups excluding carboxylic acids is 1. The van der Waals surface area contributed by atoms with E-state index in [1.807, 2.05) is 6.07 Å². The van der Waals surface area contributed by atoms with Crippen LogP contribution in [0.5, 0.6) is 0 Å². The lowest BCUT2D eigenvalue weighted by Gasteiger charge is -2.19. The van der Waals surface area contributed by atoms with Gasteiger partial charge in [-0.15, -0.1) is 0 Å². The first kappa shape index (κ1) is 16.5.